The molecule has 1 aliphatic heterocycles. The van der Waals surface area contributed by atoms with E-state index in [-0.39, 0.29) is 5.82 Å². The Morgan fingerprint density at radius 3 is 2.64 bits per heavy atom. The van der Waals surface area contributed by atoms with Crippen LogP contribution in [0.5, 0.6) is 5.75 Å². The number of benzene rings is 2. The zero-order chi connectivity index (χ0) is 19.3. The van der Waals surface area contributed by atoms with Crippen molar-refractivity contribution in [2.45, 2.75) is 56.9 Å². The number of methoxy groups -OCH3 is 1. The van der Waals surface area contributed by atoms with Crippen molar-refractivity contribution in [3.63, 3.8) is 0 Å². The van der Waals surface area contributed by atoms with Gasteiger partial charge in [0, 0.05) is 24.8 Å². The zero-order valence-corrected chi connectivity index (χ0v) is 16.8. The summed E-state index contributed by atoms with van der Waals surface area (Å²) in [6, 6.07) is 13.9. The number of nitrogens with zero attached hydrogens (tertiary/aromatic N) is 1. The number of rotatable bonds is 5. The number of ether oxygens (including phenoxy) is 1. The van der Waals surface area contributed by atoms with Gasteiger partial charge in [-0.25, -0.2) is 4.39 Å². The van der Waals surface area contributed by atoms with Crippen LogP contribution in [0.2, 0.25) is 0 Å². The highest BCUT2D eigenvalue weighted by atomic mass is 19.1. The average Bonchev–Trinajstić information content (AvgIpc) is 2.74. The van der Waals surface area contributed by atoms with Gasteiger partial charge < -0.3 is 15.0 Å². The molecule has 1 aliphatic carbocycles. The fourth-order valence-electron chi connectivity index (χ4n) is 4.75. The third-order valence-electron chi connectivity index (χ3n) is 6.25. The molecule has 0 bridgehead atoms. The second kappa shape index (κ2) is 8.85. The van der Waals surface area contributed by atoms with E-state index in [1.54, 1.807) is 19.2 Å². The lowest BCUT2D eigenvalue weighted by Crippen LogP contribution is -2.42. The van der Waals surface area contributed by atoms with Gasteiger partial charge in [-0.2, -0.15) is 0 Å². The summed E-state index contributed by atoms with van der Waals surface area (Å²) in [5.74, 6) is 1.41. The second-order valence-corrected chi connectivity index (χ2v) is 8.20. The number of hydrogen-bond donors (Lipinski definition) is 1. The summed E-state index contributed by atoms with van der Waals surface area (Å²) < 4.78 is 19.3. The van der Waals surface area contributed by atoms with Crippen molar-refractivity contribution >= 4 is 11.4 Å². The summed E-state index contributed by atoms with van der Waals surface area (Å²) in [4.78, 5) is 2.28. The Morgan fingerprint density at radius 2 is 1.86 bits per heavy atom. The van der Waals surface area contributed by atoms with Crippen molar-refractivity contribution in [1.29, 1.82) is 0 Å². The molecule has 4 rings (SSSR count). The van der Waals surface area contributed by atoms with E-state index in [4.69, 9.17) is 4.74 Å². The van der Waals surface area contributed by atoms with Crippen LogP contribution in [-0.4, -0.2) is 26.2 Å². The van der Waals surface area contributed by atoms with Gasteiger partial charge in [0.15, 0.2) is 0 Å². The minimum Gasteiger partial charge on any atom is -0.495 e. The highest BCUT2D eigenvalue weighted by Gasteiger charge is 2.22. The molecule has 2 aromatic rings. The van der Waals surface area contributed by atoms with E-state index in [0.29, 0.717) is 12.0 Å². The van der Waals surface area contributed by atoms with Gasteiger partial charge in [-0.05, 0) is 67.5 Å². The molecule has 0 spiro atoms. The minimum atomic E-state index is -0.172. The van der Waals surface area contributed by atoms with Crippen molar-refractivity contribution in [2.24, 2.45) is 0 Å². The molecule has 1 N–H and O–H groups in total. The van der Waals surface area contributed by atoms with Crippen LogP contribution in [0.25, 0.3) is 0 Å². The Labute approximate surface area is 167 Å². The van der Waals surface area contributed by atoms with E-state index in [0.717, 1.165) is 43.1 Å². The molecule has 1 atom stereocenters. The van der Waals surface area contributed by atoms with E-state index in [2.05, 4.69) is 28.4 Å². The van der Waals surface area contributed by atoms with Crippen molar-refractivity contribution < 1.29 is 9.13 Å². The lowest BCUT2D eigenvalue weighted by atomic mass is 9.84. The average molecular weight is 383 g/mol. The van der Waals surface area contributed by atoms with E-state index < -0.39 is 0 Å². The predicted molar refractivity (Wildman–Crippen MR) is 114 cm³/mol. The van der Waals surface area contributed by atoms with Crippen LogP contribution in [0.1, 0.15) is 56.4 Å². The lowest BCUT2D eigenvalue weighted by molar-refractivity contribution is 0.413. The summed E-state index contributed by atoms with van der Waals surface area (Å²) in [5.41, 5.74) is 3.49. The molecule has 0 radical (unpaired) electrons. The lowest BCUT2D eigenvalue weighted by Gasteiger charge is -2.35. The standard InChI is InChI=1S/C24H31FN2O/c1-28-24-13-12-19(18-7-3-2-4-8-18)15-23(24)26-21-10-6-14-27(17-21)22-11-5-9-20(25)16-22/h5,9,11-13,15-16,18,21,26H,2-4,6-8,10,14,17H2,1H3/t21-/m1/s1. The van der Waals surface area contributed by atoms with Gasteiger partial charge in [0.25, 0.3) is 0 Å². The van der Waals surface area contributed by atoms with Crippen LogP contribution in [0.3, 0.4) is 0 Å². The van der Waals surface area contributed by atoms with Gasteiger partial charge >= 0.3 is 0 Å². The van der Waals surface area contributed by atoms with Crippen molar-refractivity contribution in [2.75, 3.05) is 30.4 Å². The van der Waals surface area contributed by atoms with Gasteiger partial charge in [-0.15, -0.1) is 0 Å². The predicted octanol–water partition coefficient (Wildman–Crippen LogP) is 5.96. The Hall–Kier alpha value is -2.23. The summed E-state index contributed by atoms with van der Waals surface area (Å²) in [7, 11) is 1.74. The smallest absolute Gasteiger partial charge is 0.141 e. The van der Waals surface area contributed by atoms with Crippen LogP contribution < -0.4 is 15.0 Å². The number of anilines is 2. The summed E-state index contributed by atoms with van der Waals surface area (Å²) >= 11 is 0. The van der Waals surface area contributed by atoms with Gasteiger partial charge in [0.2, 0.25) is 0 Å². The molecular weight excluding hydrogens is 351 g/mol. The van der Waals surface area contributed by atoms with E-state index in [9.17, 15) is 4.39 Å². The quantitative estimate of drug-likeness (QED) is 0.690. The highest BCUT2D eigenvalue weighted by molar-refractivity contribution is 5.60. The Morgan fingerprint density at radius 1 is 1.00 bits per heavy atom. The normalized spacial score (nSPS) is 20.8. The summed E-state index contributed by atoms with van der Waals surface area (Å²) in [6.07, 6.45) is 8.84. The molecule has 3 nitrogen and oxygen atoms in total. The molecule has 0 unspecified atom stereocenters. The third-order valence-corrected chi connectivity index (χ3v) is 6.25. The topological polar surface area (TPSA) is 24.5 Å². The molecule has 1 heterocycles. The van der Waals surface area contributed by atoms with Gasteiger partial charge in [-0.3, -0.25) is 0 Å². The third kappa shape index (κ3) is 4.43. The van der Waals surface area contributed by atoms with Crippen LogP contribution in [0.15, 0.2) is 42.5 Å². The molecule has 4 heteroatoms. The van der Waals surface area contributed by atoms with Gasteiger partial charge in [0.1, 0.15) is 11.6 Å². The van der Waals surface area contributed by atoms with Gasteiger partial charge in [-0.1, -0.05) is 31.4 Å². The molecule has 1 saturated heterocycles. The fourth-order valence-corrected chi connectivity index (χ4v) is 4.75. The molecular formula is C24H31FN2O. The van der Waals surface area contributed by atoms with Crippen molar-refractivity contribution in [1.82, 2.24) is 0 Å². The SMILES string of the molecule is COc1ccc(C2CCCCC2)cc1N[C@@H]1CCCN(c2cccc(F)c2)C1. The first-order valence-electron chi connectivity index (χ1n) is 10.7. The first-order chi connectivity index (χ1) is 13.7. The highest BCUT2D eigenvalue weighted by Crippen LogP contribution is 2.37. The van der Waals surface area contributed by atoms with E-state index in [1.165, 1.54) is 43.7 Å². The number of nitrogens with one attached hydrogen (secondary N) is 1. The summed E-state index contributed by atoms with van der Waals surface area (Å²) in [6.45, 7) is 1.85. The molecule has 2 aliphatic rings. The number of halogens is 1. The van der Waals surface area contributed by atoms with Crippen LogP contribution >= 0.6 is 0 Å². The molecule has 28 heavy (non-hydrogen) atoms. The minimum absolute atomic E-state index is 0.172. The van der Waals surface area contributed by atoms with E-state index in [1.807, 2.05) is 6.07 Å². The Balaban J connectivity index is 1.49. The van der Waals surface area contributed by atoms with Crippen LogP contribution in [0.4, 0.5) is 15.8 Å². The van der Waals surface area contributed by atoms with E-state index >= 15 is 0 Å². The monoisotopic (exact) mass is 382 g/mol. The molecule has 2 fully saturated rings. The van der Waals surface area contributed by atoms with Crippen molar-refractivity contribution in [3.05, 3.63) is 53.8 Å². The Bertz CT molecular complexity index is 788. The Kier molecular flexibility index (Phi) is 6.04. The molecule has 0 aromatic heterocycles. The maximum absolute atomic E-state index is 13.6. The van der Waals surface area contributed by atoms with Crippen LogP contribution in [0, 0.1) is 5.82 Å². The maximum atomic E-state index is 13.6. The van der Waals surface area contributed by atoms with Crippen molar-refractivity contribution in [3.8, 4) is 5.75 Å². The first-order valence-corrected chi connectivity index (χ1v) is 10.7. The molecule has 150 valence electrons. The fraction of sp³-hybridized carbons (Fsp3) is 0.500. The summed E-state index contributed by atoms with van der Waals surface area (Å²) in [5, 5.41) is 3.73. The largest absolute Gasteiger partial charge is 0.495 e. The molecule has 2 aromatic carbocycles. The molecule has 0 amide bonds. The zero-order valence-electron chi connectivity index (χ0n) is 16.8. The van der Waals surface area contributed by atoms with Crippen LogP contribution in [-0.2, 0) is 0 Å². The maximum Gasteiger partial charge on any atom is 0.141 e. The number of hydrogen-bond acceptors (Lipinski definition) is 3. The van der Waals surface area contributed by atoms with Gasteiger partial charge in [0.05, 0.1) is 12.8 Å². The number of piperidine rings is 1. The molecule has 1 saturated carbocycles. The second-order valence-electron chi connectivity index (χ2n) is 8.20. The first kappa shape index (κ1) is 19.1.